The van der Waals surface area contributed by atoms with Gasteiger partial charge in [-0.1, -0.05) is 37.3 Å². The molecule has 0 bridgehead atoms. The highest BCUT2D eigenvalue weighted by Crippen LogP contribution is 2.02. The van der Waals surface area contributed by atoms with E-state index in [0.29, 0.717) is 6.42 Å². The van der Waals surface area contributed by atoms with Gasteiger partial charge in [0, 0.05) is 12.1 Å². The van der Waals surface area contributed by atoms with Gasteiger partial charge in [-0.3, -0.25) is 0 Å². The molecule has 0 saturated heterocycles. The lowest BCUT2D eigenvalue weighted by molar-refractivity contribution is 0.590. The summed E-state index contributed by atoms with van der Waals surface area (Å²) >= 11 is 0. The lowest BCUT2D eigenvalue weighted by Gasteiger charge is -2.04. The lowest BCUT2D eigenvalue weighted by Crippen LogP contribution is -2.18. The zero-order chi connectivity index (χ0) is 12.0. The summed E-state index contributed by atoms with van der Waals surface area (Å²) in [6.07, 6.45) is 2.48. The summed E-state index contributed by atoms with van der Waals surface area (Å²) in [5, 5.41) is 3.89. The Morgan fingerprint density at radius 1 is 1.31 bits per heavy atom. The van der Waals surface area contributed by atoms with Crippen LogP contribution in [0, 0.1) is 0 Å². The molecule has 16 heavy (non-hydrogen) atoms. The average Bonchev–Trinajstić information content (AvgIpc) is 2.24. The Balaban J connectivity index is 2.70. The van der Waals surface area contributed by atoms with E-state index in [-0.39, 0.29) is 0 Å². The fraction of sp³-hybridized carbons (Fsp3) is 0.364. The van der Waals surface area contributed by atoms with Gasteiger partial charge in [0.1, 0.15) is 0 Å². The third-order valence-corrected chi connectivity index (χ3v) is 2.45. The van der Waals surface area contributed by atoms with Gasteiger partial charge in [-0.15, -0.1) is 0 Å². The van der Waals surface area contributed by atoms with E-state index in [0.717, 1.165) is 24.0 Å². The molecule has 5 heteroatoms. The predicted molar refractivity (Wildman–Crippen MR) is 65.9 cm³/mol. The van der Waals surface area contributed by atoms with Crippen molar-refractivity contribution in [3.63, 3.8) is 0 Å². The maximum Gasteiger partial charge on any atom is 0.244 e. The molecule has 0 atom stereocenters. The van der Waals surface area contributed by atoms with E-state index in [2.05, 4.69) is 9.93 Å². The summed E-state index contributed by atoms with van der Waals surface area (Å²) in [7, 11) is -3.26. The first-order valence-corrected chi connectivity index (χ1v) is 6.96. The minimum absolute atomic E-state index is 0.667. The van der Waals surface area contributed by atoms with E-state index < -0.39 is 10.0 Å². The molecule has 0 amide bonds. The molecule has 1 N–H and O–H groups in total. The zero-order valence-corrected chi connectivity index (χ0v) is 10.3. The molecule has 1 aromatic carbocycles. The normalized spacial score (nSPS) is 12.5. The summed E-state index contributed by atoms with van der Waals surface area (Å²) in [6.45, 7) is 1.95. The van der Waals surface area contributed by atoms with Gasteiger partial charge < -0.3 is 0 Å². The van der Waals surface area contributed by atoms with Gasteiger partial charge in [0.05, 0.1) is 6.26 Å². The monoisotopic (exact) mass is 240 g/mol. The van der Waals surface area contributed by atoms with E-state index in [1.807, 2.05) is 37.3 Å². The quantitative estimate of drug-likeness (QED) is 0.627. The van der Waals surface area contributed by atoms with E-state index in [9.17, 15) is 8.42 Å². The van der Waals surface area contributed by atoms with Crippen molar-refractivity contribution in [1.29, 1.82) is 0 Å². The van der Waals surface area contributed by atoms with Crippen LogP contribution in [0.5, 0.6) is 0 Å². The van der Waals surface area contributed by atoms with E-state index in [1.54, 1.807) is 0 Å². The number of benzene rings is 1. The van der Waals surface area contributed by atoms with E-state index in [4.69, 9.17) is 0 Å². The van der Waals surface area contributed by atoms with Crippen molar-refractivity contribution in [2.45, 2.75) is 19.8 Å². The van der Waals surface area contributed by atoms with Gasteiger partial charge in [0.25, 0.3) is 0 Å². The molecule has 1 aromatic rings. The van der Waals surface area contributed by atoms with E-state index >= 15 is 0 Å². The molecule has 0 fully saturated rings. The standard InChI is InChI=1S/C11H16N2O2S/c1-3-11(12-13-16(2,14)15)9-10-7-5-4-6-8-10/h4-8,13H,3,9H2,1-2H3/b12-11-. The minimum atomic E-state index is -3.26. The van der Waals surface area contributed by atoms with Crippen molar-refractivity contribution in [2.24, 2.45) is 5.10 Å². The third-order valence-electron chi connectivity index (χ3n) is 2.03. The third kappa shape index (κ3) is 4.93. The van der Waals surface area contributed by atoms with Crippen LogP contribution in [0.1, 0.15) is 18.9 Å². The first kappa shape index (κ1) is 12.7. The van der Waals surface area contributed by atoms with Gasteiger partial charge in [-0.25, -0.2) is 13.2 Å². The molecule has 0 unspecified atom stereocenters. The Morgan fingerprint density at radius 3 is 2.44 bits per heavy atom. The van der Waals surface area contributed by atoms with Crippen LogP contribution in [-0.2, 0) is 16.4 Å². The van der Waals surface area contributed by atoms with Crippen molar-refractivity contribution in [3.8, 4) is 0 Å². The molecule has 0 heterocycles. The van der Waals surface area contributed by atoms with Gasteiger partial charge >= 0.3 is 0 Å². The van der Waals surface area contributed by atoms with Gasteiger partial charge in [0.2, 0.25) is 10.0 Å². The Morgan fingerprint density at radius 2 is 1.94 bits per heavy atom. The molecule has 1 rings (SSSR count). The number of rotatable bonds is 5. The van der Waals surface area contributed by atoms with Crippen molar-refractivity contribution in [1.82, 2.24) is 4.83 Å². The first-order valence-electron chi connectivity index (χ1n) is 5.07. The van der Waals surface area contributed by atoms with Gasteiger partial charge in [0.15, 0.2) is 0 Å². The Hall–Kier alpha value is -1.36. The SMILES string of the molecule is CC/C(Cc1ccccc1)=N/NS(C)(=O)=O. The molecular weight excluding hydrogens is 224 g/mol. The summed E-state index contributed by atoms with van der Waals surface area (Å²) in [5.41, 5.74) is 1.94. The fourth-order valence-corrected chi connectivity index (χ4v) is 1.52. The predicted octanol–water partition coefficient (Wildman–Crippen LogP) is 1.54. The molecule has 0 aliphatic carbocycles. The zero-order valence-electron chi connectivity index (χ0n) is 9.47. The molecule has 4 nitrogen and oxygen atoms in total. The van der Waals surface area contributed by atoms with Crippen LogP contribution >= 0.6 is 0 Å². The second-order valence-corrected chi connectivity index (χ2v) is 5.28. The topological polar surface area (TPSA) is 58.5 Å². The Bertz CT molecular complexity index is 452. The van der Waals surface area contributed by atoms with E-state index in [1.165, 1.54) is 0 Å². The van der Waals surface area contributed by atoms with Crippen LogP contribution < -0.4 is 4.83 Å². The summed E-state index contributed by atoms with van der Waals surface area (Å²) in [6, 6.07) is 9.83. The van der Waals surface area contributed by atoms with Crippen molar-refractivity contribution >= 4 is 15.7 Å². The molecule has 0 aliphatic heterocycles. The smallest absolute Gasteiger partial charge is 0.206 e. The Kier molecular flexibility index (Phi) is 4.49. The Labute approximate surface area is 96.4 Å². The van der Waals surface area contributed by atoms with Gasteiger partial charge in [-0.05, 0) is 12.0 Å². The van der Waals surface area contributed by atoms with Crippen molar-refractivity contribution < 1.29 is 8.42 Å². The summed E-state index contributed by atoms with van der Waals surface area (Å²) in [5.74, 6) is 0. The maximum absolute atomic E-state index is 10.9. The number of nitrogens with zero attached hydrogens (tertiary/aromatic N) is 1. The largest absolute Gasteiger partial charge is 0.244 e. The second-order valence-electron chi connectivity index (χ2n) is 3.56. The van der Waals surface area contributed by atoms with Crippen molar-refractivity contribution in [2.75, 3.05) is 6.26 Å². The van der Waals surface area contributed by atoms with Crippen LogP contribution in [0.3, 0.4) is 0 Å². The molecule has 0 radical (unpaired) electrons. The summed E-state index contributed by atoms with van der Waals surface area (Å²) in [4.78, 5) is 2.15. The number of nitrogens with one attached hydrogen (secondary N) is 1. The van der Waals surface area contributed by atoms with Crippen LogP contribution in [-0.4, -0.2) is 20.4 Å². The fourth-order valence-electron chi connectivity index (χ4n) is 1.22. The van der Waals surface area contributed by atoms with Crippen LogP contribution in [0.4, 0.5) is 0 Å². The first-order chi connectivity index (χ1) is 7.51. The maximum atomic E-state index is 10.9. The minimum Gasteiger partial charge on any atom is -0.206 e. The average molecular weight is 240 g/mol. The number of hydrazone groups is 1. The molecule has 0 aliphatic rings. The molecule has 0 spiro atoms. The number of sulfonamides is 1. The number of hydrogen-bond donors (Lipinski definition) is 1. The van der Waals surface area contributed by atoms with Gasteiger partial charge in [-0.2, -0.15) is 5.10 Å². The lowest BCUT2D eigenvalue weighted by atomic mass is 10.1. The second kappa shape index (κ2) is 5.65. The van der Waals surface area contributed by atoms with Crippen LogP contribution in [0.25, 0.3) is 0 Å². The highest BCUT2D eigenvalue weighted by molar-refractivity contribution is 7.88. The molecule has 88 valence electrons. The molecular formula is C11H16N2O2S. The molecule has 0 aromatic heterocycles. The molecule has 0 saturated carbocycles. The summed E-state index contributed by atoms with van der Waals surface area (Å²) < 4.78 is 21.8. The highest BCUT2D eigenvalue weighted by Gasteiger charge is 2.01. The number of hydrogen-bond acceptors (Lipinski definition) is 3. The van der Waals surface area contributed by atoms with Crippen molar-refractivity contribution in [3.05, 3.63) is 35.9 Å². The van der Waals surface area contributed by atoms with Crippen LogP contribution in [0.15, 0.2) is 35.4 Å². The highest BCUT2D eigenvalue weighted by atomic mass is 32.2. The van der Waals surface area contributed by atoms with Crippen LogP contribution in [0.2, 0.25) is 0 Å².